The largest absolute Gasteiger partial charge is 0.380 e. The molecule has 4 heteroatoms. The van der Waals surface area contributed by atoms with E-state index in [1.807, 2.05) is 30.0 Å². The second kappa shape index (κ2) is 8.34. The van der Waals surface area contributed by atoms with Crippen LogP contribution in [0.3, 0.4) is 0 Å². The zero-order valence-electron chi connectivity index (χ0n) is 11.2. The van der Waals surface area contributed by atoms with Gasteiger partial charge in [0.25, 0.3) is 0 Å². The molecule has 2 nitrogen and oxygen atoms in total. The maximum atomic E-state index is 9.33. The molecule has 0 radical (unpaired) electrons. The lowest BCUT2D eigenvalue weighted by molar-refractivity contribution is 0.774. The number of hydrogen-bond acceptors (Lipinski definition) is 4. The van der Waals surface area contributed by atoms with E-state index in [9.17, 15) is 5.26 Å². The third kappa shape index (κ3) is 4.15. The minimum Gasteiger partial charge on any atom is -0.380 e. The quantitative estimate of drug-likeness (QED) is 0.758. The monoisotopic (exact) mass is 280 g/mol. The molecule has 1 rings (SSSR count). The topological polar surface area (TPSA) is 35.8 Å². The number of benzene rings is 1. The maximum Gasteiger partial charge on any atom is 0.102 e. The Morgan fingerprint density at radius 3 is 2.72 bits per heavy atom. The molecule has 18 heavy (non-hydrogen) atoms. The normalized spacial score (nSPS) is 11.9. The number of rotatable bonds is 7. The number of thioether (sulfide) groups is 2. The predicted octanol–water partition coefficient (Wildman–Crippen LogP) is 4.22. The van der Waals surface area contributed by atoms with Gasteiger partial charge in [0.2, 0.25) is 0 Å². The summed E-state index contributed by atoms with van der Waals surface area (Å²) in [5.74, 6) is 2.05. The minimum absolute atomic E-state index is 0.425. The van der Waals surface area contributed by atoms with Crippen molar-refractivity contribution in [1.82, 2.24) is 0 Å². The van der Waals surface area contributed by atoms with E-state index in [2.05, 4.69) is 31.5 Å². The lowest BCUT2D eigenvalue weighted by Crippen LogP contribution is -2.21. The van der Waals surface area contributed by atoms with Crippen LogP contribution in [0.2, 0.25) is 0 Å². The van der Waals surface area contributed by atoms with E-state index in [4.69, 9.17) is 0 Å². The molecular weight excluding hydrogens is 260 g/mol. The van der Waals surface area contributed by atoms with Crippen LogP contribution in [-0.4, -0.2) is 23.8 Å². The molecule has 0 heterocycles. The van der Waals surface area contributed by atoms with Crippen LogP contribution in [0.4, 0.5) is 5.69 Å². The van der Waals surface area contributed by atoms with Crippen molar-refractivity contribution in [2.24, 2.45) is 0 Å². The zero-order valence-corrected chi connectivity index (χ0v) is 12.8. The smallest absolute Gasteiger partial charge is 0.102 e. The Balaban J connectivity index is 2.94. The standard InChI is InChI=1S/C14H20N2S2/c1-4-11(10-17-3)16-13-7-6-8-14(18-5-2)12(13)9-15/h6-8,11,16H,4-5,10H2,1-3H3. The fourth-order valence-electron chi connectivity index (χ4n) is 1.73. The highest BCUT2D eigenvalue weighted by Gasteiger charge is 2.11. The van der Waals surface area contributed by atoms with Crippen LogP contribution >= 0.6 is 23.5 Å². The van der Waals surface area contributed by atoms with Gasteiger partial charge in [-0.2, -0.15) is 17.0 Å². The van der Waals surface area contributed by atoms with E-state index in [-0.39, 0.29) is 0 Å². The summed E-state index contributed by atoms with van der Waals surface area (Å²) in [6.07, 6.45) is 3.18. The van der Waals surface area contributed by atoms with Crippen molar-refractivity contribution in [1.29, 1.82) is 5.26 Å². The first-order valence-corrected chi connectivity index (χ1v) is 8.56. The Hall–Kier alpha value is -0.790. The Bertz CT molecular complexity index is 413. The van der Waals surface area contributed by atoms with Crippen molar-refractivity contribution in [2.75, 3.05) is 23.1 Å². The Labute approximate surface area is 119 Å². The Morgan fingerprint density at radius 2 is 2.17 bits per heavy atom. The third-order valence-electron chi connectivity index (χ3n) is 2.66. The molecule has 0 aliphatic heterocycles. The summed E-state index contributed by atoms with van der Waals surface area (Å²) in [5, 5.41) is 12.8. The predicted molar refractivity (Wildman–Crippen MR) is 83.6 cm³/mol. The van der Waals surface area contributed by atoms with Crippen LogP contribution in [0.15, 0.2) is 23.1 Å². The van der Waals surface area contributed by atoms with Gasteiger partial charge in [0.1, 0.15) is 6.07 Å². The number of nitrogens with zero attached hydrogens (tertiary/aromatic N) is 1. The molecule has 1 aromatic rings. The van der Waals surface area contributed by atoms with Gasteiger partial charge >= 0.3 is 0 Å². The average molecular weight is 280 g/mol. The van der Waals surface area contributed by atoms with Gasteiger partial charge in [-0.1, -0.05) is 19.9 Å². The van der Waals surface area contributed by atoms with Crippen molar-refractivity contribution in [3.05, 3.63) is 23.8 Å². The van der Waals surface area contributed by atoms with Gasteiger partial charge in [0.05, 0.1) is 11.3 Å². The second-order valence-electron chi connectivity index (χ2n) is 3.93. The molecule has 1 atom stereocenters. The van der Waals surface area contributed by atoms with E-state index in [1.54, 1.807) is 11.8 Å². The molecule has 0 amide bonds. The Kier molecular flexibility index (Phi) is 7.07. The second-order valence-corrected chi connectivity index (χ2v) is 6.14. The molecule has 0 spiro atoms. The van der Waals surface area contributed by atoms with Gasteiger partial charge in [-0.05, 0) is 30.6 Å². The van der Waals surface area contributed by atoms with Crippen molar-refractivity contribution in [3.8, 4) is 6.07 Å². The number of nitriles is 1. The minimum atomic E-state index is 0.425. The summed E-state index contributed by atoms with van der Waals surface area (Å²) in [4.78, 5) is 1.07. The molecule has 98 valence electrons. The first-order chi connectivity index (χ1) is 8.76. The van der Waals surface area contributed by atoms with Crippen molar-refractivity contribution in [3.63, 3.8) is 0 Å². The number of hydrogen-bond donors (Lipinski definition) is 1. The van der Waals surface area contributed by atoms with Crippen molar-refractivity contribution < 1.29 is 0 Å². The van der Waals surface area contributed by atoms with Crippen LogP contribution in [0.25, 0.3) is 0 Å². The molecule has 0 aromatic heterocycles. The van der Waals surface area contributed by atoms with Crippen molar-refractivity contribution in [2.45, 2.75) is 31.2 Å². The number of anilines is 1. The van der Waals surface area contributed by atoms with Gasteiger partial charge in [-0.25, -0.2) is 0 Å². The van der Waals surface area contributed by atoms with E-state index < -0.39 is 0 Å². The van der Waals surface area contributed by atoms with E-state index in [0.717, 1.165) is 34.1 Å². The fourth-order valence-corrected chi connectivity index (χ4v) is 3.23. The van der Waals surface area contributed by atoms with Gasteiger partial charge in [-0.15, -0.1) is 11.8 Å². The third-order valence-corrected chi connectivity index (χ3v) is 4.33. The first kappa shape index (κ1) is 15.3. The lowest BCUT2D eigenvalue weighted by atomic mass is 10.1. The maximum absolute atomic E-state index is 9.33. The van der Waals surface area contributed by atoms with Gasteiger partial charge in [0.15, 0.2) is 0 Å². The van der Waals surface area contributed by atoms with Crippen LogP contribution in [0, 0.1) is 11.3 Å². The lowest BCUT2D eigenvalue weighted by Gasteiger charge is -2.19. The van der Waals surface area contributed by atoms with Crippen LogP contribution in [0.5, 0.6) is 0 Å². The average Bonchev–Trinajstić information content (AvgIpc) is 2.39. The molecule has 1 N–H and O–H groups in total. The molecule has 0 saturated heterocycles. The first-order valence-electron chi connectivity index (χ1n) is 6.18. The molecule has 0 saturated carbocycles. The van der Waals surface area contributed by atoms with Gasteiger partial charge in [0, 0.05) is 16.7 Å². The summed E-state index contributed by atoms with van der Waals surface area (Å²) < 4.78 is 0. The van der Waals surface area contributed by atoms with E-state index in [0.29, 0.717) is 6.04 Å². The molecule has 0 aliphatic carbocycles. The summed E-state index contributed by atoms with van der Waals surface area (Å²) >= 11 is 3.55. The van der Waals surface area contributed by atoms with Crippen LogP contribution < -0.4 is 5.32 Å². The van der Waals surface area contributed by atoms with E-state index in [1.165, 1.54) is 0 Å². The highest BCUT2D eigenvalue weighted by atomic mass is 32.2. The highest BCUT2D eigenvalue weighted by Crippen LogP contribution is 2.28. The van der Waals surface area contributed by atoms with Crippen molar-refractivity contribution >= 4 is 29.2 Å². The number of nitrogens with one attached hydrogen (secondary N) is 1. The zero-order chi connectivity index (χ0) is 13.4. The van der Waals surface area contributed by atoms with Gasteiger partial charge < -0.3 is 5.32 Å². The SMILES string of the molecule is CCSc1cccc(NC(CC)CSC)c1C#N. The summed E-state index contributed by atoms with van der Waals surface area (Å²) in [6, 6.07) is 8.80. The Morgan fingerprint density at radius 1 is 1.39 bits per heavy atom. The molecule has 1 aromatic carbocycles. The highest BCUT2D eigenvalue weighted by molar-refractivity contribution is 7.99. The molecule has 0 aliphatic rings. The summed E-state index contributed by atoms with van der Waals surface area (Å²) in [5.41, 5.74) is 1.75. The van der Waals surface area contributed by atoms with Crippen LogP contribution in [0.1, 0.15) is 25.8 Å². The van der Waals surface area contributed by atoms with Crippen LogP contribution in [-0.2, 0) is 0 Å². The summed E-state index contributed by atoms with van der Waals surface area (Å²) in [7, 11) is 0. The van der Waals surface area contributed by atoms with Gasteiger partial charge in [-0.3, -0.25) is 0 Å². The summed E-state index contributed by atoms with van der Waals surface area (Å²) in [6.45, 7) is 4.28. The fraction of sp³-hybridized carbons (Fsp3) is 0.500. The van der Waals surface area contributed by atoms with E-state index >= 15 is 0 Å². The molecular formula is C14H20N2S2. The molecule has 0 bridgehead atoms. The molecule has 1 unspecified atom stereocenters. The molecule has 0 fully saturated rings.